The summed E-state index contributed by atoms with van der Waals surface area (Å²) in [5.74, 6) is -0.419. The van der Waals surface area contributed by atoms with Crippen LogP contribution in [0.25, 0.3) is 0 Å². The quantitative estimate of drug-likeness (QED) is 0.755. The molecule has 1 rings (SSSR count). The molecule has 1 atom stereocenters. The first kappa shape index (κ1) is 18.9. The van der Waals surface area contributed by atoms with Crippen LogP contribution in [0.2, 0.25) is 0 Å². The second-order valence-corrected chi connectivity index (χ2v) is 7.83. The minimum absolute atomic E-state index is 0.102. The zero-order valence-electron chi connectivity index (χ0n) is 12.8. The predicted molar refractivity (Wildman–Crippen MR) is 89.2 cm³/mol. The fourth-order valence-corrected chi connectivity index (χ4v) is 3.02. The molecule has 0 unspecified atom stereocenters. The predicted octanol–water partition coefficient (Wildman–Crippen LogP) is 2.13. The molecular weight excluding hydrogens is 327 g/mol. The van der Waals surface area contributed by atoms with Crippen molar-refractivity contribution in [2.75, 3.05) is 23.1 Å². The summed E-state index contributed by atoms with van der Waals surface area (Å²) < 4.78 is 39.0. The molecule has 5 nitrogen and oxygen atoms in total. The van der Waals surface area contributed by atoms with Crippen molar-refractivity contribution in [2.24, 2.45) is 0 Å². The Bertz CT molecular complexity index is 621. The maximum absolute atomic E-state index is 13.3. The molecule has 0 radical (unpaired) electrons. The zero-order chi connectivity index (χ0) is 16.8. The minimum Gasteiger partial charge on any atom is -0.324 e. The number of sulfonamides is 1. The number of carbonyl (C=O) groups excluding carboxylic acids is 1. The van der Waals surface area contributed by atoms with Crippen molar-refractivity contribution in [1.29, 1.82) is 0 Å². The minimum atomic E-state index is -3.50. The van der Waals surface area contributed by atoms with Crippen LogP contribution in [-0.2, 0) is 14.8 Å². The Kier molecular flexibility index (Phi) is 7.31. The fraction of sp³-hybridized carbons (Fsp3) is 0.500. The van der Waals surface area contributed by atoms with Gasteiger partial charge in [-0.25, -0.2) is 17.5 Å². The van der Waals surface area contributed by atoms with Gasteiger partial charge in [0.1, 0.15) is 11.9 Å². The molecule has 1 aromatic rings. The lowest BCUT2D eigenvalue weighted by Gasteiger charge is -2.18. The van der Waals surface area contributed by atoms with Gasteiger partial charge in [0.25, 0.3) is 0 Å². The van der Waals surface area contributed by atoms with Crippen molar-refractivity contribution in [3.63, 3.8) is 0 Å². The number of rotatable bonds is 8. The Labute approximate surface area is 135 Å². The summed E-state index contributed by atoms with van der Waals surface area (Å²) in [4.78, 5) is 12.3. The van der Waals surface area contributed by atoms with E-state index in [0.717, 1.165) is 0 Å². The number of anilines is 1. The molecule has 0 spiro atoms. The Hall–Kier alpha value is -1.12. The van der Waals surface area contributed by atoms with E-state index in [9.17, 15) is 17.6 Å². The van der Waals surface area contributed by atoms with Crippen LogP contribution in [0, 0.1) is 12.7 Å². The molecule has 0 heterocycles. The van der Waals surface area contributed by atoms with Crippen LogP contribution in [0.1, 0.15) is 18.9 Å². The highest BCUT2D eigenvalue weighted by Gasteiger charge is 2.23. The van der Waals surface area contributed by atoms with Crippen molar-refractivity contribution in [3.8, 4) is 0 Å². The third kappa shape index (κ3) is 5.94. The smallest absolute Gasteiger partial charge is 0.242 e. The van der Waals surface area contributed by atoms with E-state index in [-0.39, 0.29) is 5.75 Å². The van der Waals surface area contributed by atoms with Crippen molar-refractivity contribution in [1.82, 2.24) is 4.72 Å². The fourth-order valence-electron chi connectivity index (χ4n) is 1.73. The lowest BCUT2D eigenvalue weighted by molar-refractivity contribution is -0.117. The molecule has 0 aliphatic heterocycles. The lowest BCUT2D eigenvalue weighted by atomic mass is 10.1. The van der Waals surface area contributed by atoms with Gasteiger partial charge in [-0.1, -0.05) is 6.07 Å². The molecule has 0 saturated heterocycles. The highest BCUT2D eigenvalue weighted by Crippen LogP contribution is 2.17. The molecule has 2 N–H and O–H groups in total. The van der Waals surface area contributed by atoms with E-state index >= 15 is 0 Å². The van der Waals surface area contributed by atoms with Gasteiger partial charge in [0.15, 0.2) is 0 Å². The van der Waals surface area contributed by atoms with E-state index in [2.05, 4.69) is 10.0 Å². The van der Waals surface area contributed by atoms with E-state index in [1.165, 1.54) is 30.8 Å². The van der Waals surface area contributed by atoms with Crippen LogP contribution in [0.15, 0.2) is 18.2 Å². The van der Waals surface area contributed by atoms with Crippen LogP contribution in [0.4, 0.5) is 10.1 Å². The van der Waals surface area contributed by atoms with Gasteiger partial charge < -0.3 is 5.32 Å². The van der Waals surface area contributed by atoms with Gasteiger partial charge in [-0.2, -0.15) is 11.8 Å². The van der Waals surface area contributed by atoms with Crippen LogP contribution >= 0.6 is 11.8 Å². The molecule has 22 heavy (non-hydrogen) atoms. The molecule has 1 aromatic carbocycles. The largest absolute Gasteiger partial charge is 0.324 e. The second kappa shape index (κ2) is 8.50. The van der Waals surface area contributed by atoms with Gasteiger partial charge in [-0.15, -0.1) is 0 Å². The monoisotopic (exact) mass is 348 g/mol. The SMILES string of the molecule is CCS(=O)(=O)N[C@@H](CCSC)C(=O)Nc1cc(F)ccc1C. The summed E-state index contributed by atoms with van der Waals surface area (Å²) in [6.45, 7) is 3.24. The van der Waals surface area contributed by atoms with E-state index < -0.39 is 27.8 Å². The molecule has 0 saturated carbocycles. The van der Waals surface area contributed by atoms with Crippen molar-refractivity contribution < 1.29 is 17.6 Å². The normalized spacial score (nSPS) is 12.9. The van der Waals surface area contributed by atoms with Gasteiger partial charge in [0, 0.05) is 5.69 Å². The number of hydrogen-bond acceptors (Lipinski definition) is 4. The topological polar surface area (TPSA) is 75.3 Å². The molecule has 1 amide bonds. The number of halogens is 1. The summed E-state index contributed by atoms with van der Waals surface area (Å²) in [6.07, 6.45) is 2.24. The Morgan fingerprint density at radius 1 is 1.41 bits per heavy atom. The molecule has 0 aliphatic rings. The van der Waals surface area contributed by atoms with E-state index in [1.54, 1.807) is 13.0 Å². The van der Waals surface area contributed by atoms with Gasteiger partial charge in [0.2, 0.25) is 15.9 Å². The lowest BCUT2D eigenvalue weighted by Crippen LogP contribution is -2.44. The molecule has 0 bridgehead atoms. The number of carbonyl (C=O) groups is 1. The molecule has 0 aliphatic carbocycles. The molecule has 0 aromatic heterocycles. The number of aryl methyl sites for hydroxylation is 1. The first-order chi connectivity index (χ1) is 10.3. The van der Waals surface area contributed by atoms with E-state index in [1.807, 2.05) is 6.26 Å². The maximum atomic E-state index is 13.3. The Balaban J connectivity index is 2.89. The zero-order valence-corrected chi connectivity index (χ0v) is 14.5. The average molecular weight is 348 g/mol. The first-order valence-electron chi connectivity index (χ1n) is 6.85. The van der Waals surface area contributed by atoms with Gasteiger partial charge in [0.05, 0.1) is 5.75 Å². The molecule has 124 valence electrons. The maximum Gasteiger partial charge on any atom is 0.242 e. The highest BCUT2D eigenvalue weighted by molar-refractivity contribution is 7.98. The third-order valence-corrected chi connectivity index (χ3v) is 5.13. The molecular formula is C14H21FN2O3S2. The average Bonchev–Trinajstić information content (AvgIpc) is 2.47. The highest BCUT2D eigenvalue weighted by atomic mass is 32.2. The van der Waals surface area contributed by atoms with Gasteiger partial charge >= 0.3 is 0 Å². The summed E-state index contributed by atoms with van der Waals surface area (Å²) in [5, 5.41) is 2.59. The third-order valence-electron chi connectivity index (χ3n) is 3.09. The van der Waals surface area contributed by atoms with Crippen LogP contribution < -0.4 is 10.0 Å². The number of thioether (sulfide) groups is 1. The van der Waals surface area contributed by atoms with Crippen molar-refractivity contribution >= 4 is 33.4 Å². The number of nitrogens with one attached hydrogen (secondary N) is 2. The van der Waals surface area contributed by atoms with Crippen LogP contribution in [0.3, 0.4) is 0 Å². The van der Waals surface area contributed by atoms with Crippen LogP contribution in [0.5, 0.6) is 0 Å². The van der Waals surface area contributed by atoms with Crippen molar-refractivity contribution in [3.05, 3.63) is 29.6 Å². The summed E-state index contributed by atoms with van der Waals surface area (Å²) in [6, 6.07) is 3.20. The van der Waals surface area contributed by atoms with Gasteiger partial charge in [-0.05, 0) is 50.0 Å². The molecule has 8 heteroatoms. The second-order valence-electron chi connectivity index (χ2n) is 4.80. The van der Waals surface area contributed by atoms with Crippen molar-refractivity contribution in [2.45, 2.75) is 26.3 Å². The van der Waals surface area contributed by atoms with E-state index in [4.69, 9.17) is 0 Å². The van der Waals surface area contributed by atoms with Gasteiger partial charge in [-0.3, -0.25) is 4.79 Å². The summed E-state index contributed by atoms with van der Waals surface area (Å²) >= 11 is 1.52. The standard InChI is InChI=1S/C14H21FN2O3S2/c1-4-22(19,20)17-12(7-8-21-3)14(18)16-13-9-11(15)6-5-10(13)2/h5-6,9,12,17H,4,7-8H2,1-3H3,(H,16,18)/t12-/m0/s1. The molecule has 0 fully saturated rings. The number of amides is 1. The Morgan fingerprint density at radius 2 is 2.09 bits per heavy atom. The Morgan fingerprint density at radius 3 is 2.68 bits per heavy atom. The van der Waals surface area contributed by atoms with Crippen LogP contribution in [-0.4, -0.2) is 38.1 Å². The van der Waals surface area contributed by atoms with E-state index in [0.29, 0.717) is 23.4 Å². The summed E-state index contributed by atoms with van der Waals surface area (Å²) in [5.41, 5.74) is 1.05. The summed E-state index contributed by atoms with van der Waals surface area (Å²) in [7, 11) is -3.50. The number of benzene rings is 1. The number of hydrogen-bond donors (Lipinski definition) is 2. The first-order valence-corrected chi connectivity index (χ1v) is 9.89.